The average Bonchev–Trinajstić information content (AvgIpc) is 2.95. The minimum atomic E-state index is -4.12. The van der Waals surface area contributed by atoms with E-state index in [9.17, 15) is 18.0 Å². The fourth-order valence-electron chi connectivity index (χ4n) is 4.31. The molecule has 3 aromatic carbocycles. The number of nitrogens with zero attached hydrogens (tertiary/aromatic N) is 2. The van der Waals surface area contributed by atoms with Crippen LogP contribution in [0.25, 0.3) is 0 Å². The minimum Gasteiger partial charge on any atom is -0.497 e. The lowest BCUT2D eigenvalue weighted by Gasteiger charge is -2.33. The molecule has 0 saturated carbocycles. The highest BCUT2D eigenvalue weighted by molar-refractivity contribution is 7.92. The maximum atomic E-state index is 14.0. The third-order valence-electron chi connectivity index (χ3n) is 6.32. The highest BCUT2D eigenvalue weighted by Crippen LogP contribution is 2.27. The van der Waals surface area contributed by atoms with Gasteiger partial charge in [0, 0.05) is 19.2 Å². The molecule has 0 aliphatic rings. The lowest BCUT2D eigenvalue weighted by atomic mass is 10.1. The van der Waals surface area contributed by atoms with Crippen molar-refractivity contribution in [1.82, 2.24) is 10.2 Å². The Bertz CT molecular complexity index is 1360. The smallest absolute Gasteiger partial charge is 0.264 e. The lowest BCUT2D eigenvalue weighted by Crippen LogP contribution is -2.52. The van der Waals surface area contributed by atoms with E-state index in [1.807, 2.05) is 45.0 Å². The summed E-state index contributed by atoms with van der Waals surface area (Å²) in [6, 6.07) is 21.5. The van der Waals surface area contributed by atoms with Crippen LogP contribution >= 0.6 is 0 Å². The first-order chi connectivity index (χ1) is 18.7. The standard InChI is InChI=1S/C30H37N3O5S/c1-5-18-31-30(35)28(6-2)32(21-24-13-10-12-23(3)19-24)29(34)22-33(25-14-11-15-26(20-25)38-4)39(36,37)27-16-8-7-9-17-27/h7-17,19-20,28H,5-6,18,21-22H2,1-4H3,(H,31,35)/t28-/m1/s1. The zero-order valence-corrected chi connectivity index (χ0v) is 23.8. The molecular weight excluding hydrogens is 514 g/mol. The monoisotopic (exact) mass is 551 g/mol. The molecule has 0 aliphatic heterocycles. The molecule has 0 heterocycles. The van der Waals surface area contributed by atoms with E-state index >= 15 is 0 Å². The van der Waals surface area contributed by atoms with Crippen molar-refractivity contribution in [2.24, 2.45) is 0 Å². The molecule has 0 aliphatic carbocycles. The number of carbonyl (C=O) groups excluding carboxylic acids is 2. The minimum absolute atomic E-state index is 0.0542. The van der Waals surface area contributed by atoms with Crippen molar-refractivity contribution in [3.63, 3.8) is 0 Å². The van der Waals surface area contributed by atoms with Crippen LogP contribution in [0, 0.1) is 6.92 Å². The normalized spacial score (nSPS) is 11.9. The van der Waals surface area contributed by atoms with E-state index in [1.54, 1.807) is 42.5 Å². The summed E-state index contributed by atoms with van der Waals surface area (Å²) >= 11 is 0. The number of sulfonamides is 1. The Labute approximate surface area is 231 Å². The zero-order valence-electron chi connectivity index (χ0n) is 23.0. The Kier molecular flexibility index (Phi) is 10.5. The van der Waals surface area contributed by atoms with Crippen LogP contribution in [0.4, 0.5) is 5.69 Å². The van der Waals surface area contributed by atoms with E-state index in [4.69, 9.17) is 4.74 Å². The van der Waals surface area contributed by atoms with Crippen molar-refractivity contribution >= 4 is 27.5 Å². The maximum absolute atomic E-state index is 14.0. The molecular formula is C30H37N3O5S. The number of hydrogen-bond donors (Lipinski definition) is 1. The molecule has 208 valence electrons. The molecule has 1 N–H and O–H groups in total. The molecule has 0 aromatic heterocycles. The number of anilines is 1. The summed E-state index contributed by atoms with van der Waals surface area (Å²) in [6.45, 7) is 5.91. The van der Waals surface area contributed by atoms with Crippen molar-refractivity contribution < 1.29 is 22.7 Å². The summed E-state index contributed by atoms with van der Waals surface area (Å²) in [5.41, 5.74) is 2.16. The van der Waals surface area contributed by atoms with Gasteiger partial charge in [-0.05, 0) is 49.6 Å². The molecule has 3 aromatic rings. The number of amides is 2. The molecule has 3 rings (SSSR count). The first kappa shape index (κ1) is 29.7. The van der Waals surface area contributed by atoms with Gasteiger partial charge in [0.05, 0.1) is 17.7 Å². The van der Waals surface area contributed by atoms with E-state index in [2.05, 4.69) is 5.32 Å². The summed E-state index contributed by atoms with van der Waals surface area (Å²) in [7, 11) is -2.63. The summed E-state index contributed by atoms with van der Waals surface area (Å²) < 4.78 is 34.1. The van der Waals surface area contributed by atoms with Crippen LogP contribution in [-0.2, 0) is 26.2 Å². The van der Waals surface area contributed by atoms with Gasteiger partial charge >= 0.3 is 0 Å². The number of rotatable bonds is 13. The quantitative estimate of drug-likeness (QED) is 0.337. The van der Waals surface area contributed by atoms with E-state index < -0.39 is 28.5 Å². The van der Waals surface area contributed by atoms with Gasteiger partial charge in [-0.2, -0.15) is 0 Å². The summed E-state index contributed by atoms with van der Waals surface area (Å²) in [6.07, 6.45) is 1.13. The second kappa shape index (κ2) is 13.8. The molecule has 39 heavy (non-hydrogen) atoms. The van der Waals surface area contributed by atoms with Gasteiger partial charge in [0.1, 0.15) is 18.3 Å². The van der Waals surface area contributed by atoms with Gasteiger partial charge in [-0.15, -0.1) is 0 Å². The molecule has 0 radical (unpaired) electrons. The van der Waals surface area contributed by atoms with Crippen LogP contribution in [0.3, 0.4) is 0 Å². The first-order valence-electron chi connectivity index (χ1n) is 13.1. The predicted octanol–water partition coefficient (Wildman–Crippen LogP) is 4.53. The van der Waals surface area contributed by atoms with Gasteiger partial charge in [-0.3, -0.25) is 13.9 Å². The molecule has 1 atom stereocenters. The highest BCUT2D eigenvalue weighted by Gasteiger charge is 2.33. The molecule has 0 fully saturated rings. The van der Waals surface area contributed by atoms with Crippen LogP contribution < -0.4 is 14.4 Å². The number of ether oxygens (including phenoxy) is 1. The molecule has 0 bridgehead atoms. The van der Waals surface area contributed by atoms with E-state index in [0.717, 1.165) is 21.9 Å². The Hall–Kier alpha value is -3.85. The SMILES string of the molecule is CCCNC(=O)[C@@H](CC)N(Cc1cccc(C)c1)C(=O)CN(c1cccc(OC)c1)S(=O)(=O)c1ccccc1. The zero-order chi connectivity index (χ0) is 28.4. The average molecular weight is 552 g/mol. The maximum Gasteiger partial charge on any atom is 0.264 e. The largest absolute Gasteiger partial charge is 0.497 e. The van der Waals surface area contributed by atoms with Gasteiger partial charge in [0.2, 0.25) is 11.8 Å². The van der Waals surface area contributed by atoms with Crippen molar-refractivity contribution in [2.75, 3.05) is 24.5 Å². The number of hydrogen-bond acceptors (Lipinski definition) is 5. The van der Waals surface area contributed by atoms with Crippen LogP contribution in [0.5, 0.6) is 5.75 Å². The fraction of sp³-hybridized carbons (Fsp3) is 0.333. The number of nitrogens with one attached hydrogen (secondary N) is 1. The Morgan fingerprint density at radius 2 is 1.67 bits per heavy atom. The van der Waals surface area contributed by atoms with Crippen molar-refractivity contribution in [2.45, 2.75) is 51.1 Å². The number of carbonyl (C=O) groups is 2. The molecule has 8 nitrogen and oxygen atoms in total. The van der Waals surface area contributed by atoms with Crippen molar-refractivity contribution in [3.8, 4) is 5.75 Å². The van der Waals surface area contributed by atoms with Gasteiger partial charge in [-0.25, -0.2) is 8.42 Å². The fourth-order valence-corrected chi connectivity index (χ4v) is 5.73. The number of methoxy groups -OCH3 is 1. The third-order valence-corrected chi connectivity index (χ3v) is 8.11. The van der Waals surface area contributed by atoms with Gasteiger partial charge in [-0.1, -0.05) is 67.9 Å². The second-order valence-electron chi connectivity index (χ2n) is 9.25. The molecule has 0 unspecified atom stereocenters. The highest BCUT2D eigenvalue weighted by atomic mass is 32.2. The summed E-state index contributed by atoms with van der Waals surface area (Å²) in [4.78, 5) is 28.7. The summed E-state index contributed by atoms with van der Waals surface area (Å²) in [5, 5.41) is 2.89. The van der Waals surface area contributed by atoms with Gasteiger partial charge in [0.15, 0.2) is 0 Å². The molecule has 0 saturated heterocycles. The number of aryl methyl sites for hydroxylation is 1. The summed E-state index contributed by atoms with van der Waals surface area (Å²) in [5.74, 6) is -0.299. The Balaban J connectivity index is 2.06. The van der Waals surface area contributed by atoms with Gasteiger partial charge in [0.25, 0.3) is 10.0 Å². The Morgan fingerprint density at radius 3 is 2.31 bits per heavy atom. The predicted molar refractivity (Wildman–Crippen MR) is 153 cm³/mol. The number of benzene rings is 3. The molecule has 2 amide bonds. The first-order valence-corrected chi connectivity index (χ1v) is 14.5. The van der Waals surface area contributed by atoms with Crippen LogP contribution in [0.2, 0.25) is 0 Å². The Morgan fingerprint density at radius 1 is 0.949 bits per heavy atom. The topological polar surface area (TPSA) is 96.0 Å². The third kappa shape index (κ3) is 7.60. The van der Waals surface area contributed by atoms with Crippen molar-refractivity contribution in [3.05, 3.63) is 90.0 Å². The van der Waals surface area contributed by atoms with Gasteiger partial charge < -0.3 is 15.0 Å². The molecule has 9 heteroatoms. The van der Waals surface area contributed by atoms with Crippen molar-refractivity contribution in [1.29, 1.82) is 0 Å². The van der Waals surface area contributed by atoms with Crippen LogP contribution in [0.1, 0.15) is 37.8 Å². The van der Waals surface area contributed by atoms with Crippen LogP contribution in [-0.4, -0.2) is 51.4 Å². The van der Waals surface area contributed by atoms with E-state index in [1.165, 1.54) is 24.1 Å². The lowest BCUT2D eigenvalue weighted by molar-refractivity contribution is -0.140. The molecule has 0 spiro atoms. The van der Waals surface area contributed by atoms with Crippen LogP contribution in [0.15, 0.2) is 83.8 Å². The second-order valence-corrected chi connectivity index (χ2v) is 11.1. The van der Waals surface area contributed by atoms with E-state index in [-0.39, 0.29) is 23.0 Å². The van der Waals surface area contributed by atoms with E-state index in [0.29, 0.717) is 18.7 Å².